The summed E-state index contributed by atoms with van der Waals surface area (Å²) in [6.45, 7) is 0.927. The van der Waals surface area contributed by atoms with E-state index in [1.165, 1.54) is 19.3 Å². The first-order valence-corrected chi connectivity index (χ1v) is 7.70. The van der Waals surface area contributed by atoms with Gasteiger partial charge in [0.15, 0.2) is 0 Å². The molecule has 3 rings (SSSR count). The molecule has 1 aromatic heterocycles. The third-order valence-electron chi connectivity index (χ3n) is 3.88. The minimum atomic E-state index is 0.337. The Morgan fingerprint density at radius 1 is 1.50 bits per heavy atom. The molecule has 5 heteroatoms. The number of benzene rings is 1. The molecule has 0 unspecified atom stereocenters. The molecule has 3 nitrogen and oxygen atoms in total. The van der Waals surface area contributed by atoms with E-state index in [4.69, 9.17) is 17.3 Å². The molecule has 1 aromatic carbocycles. The lowest BCUT2D eigenvalue weighted by atomic mass is 9.84. The van der Waals surface area contributed by atoms with Gasteiger partial charge in [-0.25, -0.2) is 4.98 Å². The highest BCUT2D eigenvalue weighted by Crippen LogP contribution is 2.45. The van der Waals surface area contributed by atoms with Crippen molar-refractivity contribution in [1.82, 2.24) is 9.55 Å². The molecule has 96 valence electrons. The molecule has 1 aliphatic carbocycles. The second-order valence-electron chi connectivity index (χ2n) is 4.93. The van der Waals surface area contributed by atoms with Crippen molar-refractivity contribution in [2.45, 2.75) is 30.6 Å². The van der Waals surface area contributed by atoms with Gasteiger partial charge in [-0.15, -0.1) is 0 Å². The Bertz CT molecular complexity index is 584. The first-order valence-electron chi connectivity index (χ1n) is 6.10. The molecule has 18 heavy (non-hydrogen) atoms. The maximum Gasteiger partial charge on any atom is 0.201 e. The number of halogens is 1. The number of aromatic nitrogens is 2. The van der Waals surface area contributed by atoms with E-state index in [1.807, 2.05) is 30.0 Å². The Kier molecular flexibility index (Phi) is 2.94. The van der Waals surface area contributed by atoms with Crippen LogP contribution in [0.4, 0.5) is 5.95 Å². The lowest BCUT2D eigenvalue weighted by Gasteiger charge is -2.40. The number of imidazole rings is 1. The van der Waals surface area contributed by atoms with Gasteiger partial charge in [0.1, 0.15) is 0 Å². The van der Waals surface area contributed by atoms with Crippen LogP contribution in [0.15, 0.2) is 18.2 Å². The Labute approximate surface area is 116 Å². The summed E-state index contributed by atoms with van der Waals surface area (Å²) in [5, 5.41) is 0.732. The lowest BCUT2D eigenvalue weighted by Crippen LogP contribution is -2.38. The standard InChI is InChI=1S/C13H16ClN3S/c1-18-13(5-2-6-13)8-17-11-7-9(14)3-4-10(11)16-12(17)15/h3-4,7H,2,5-6,8H2,1H3,(H2,15,16). The summed E-state index contributed by atoms with van der Waals surface area (Å²) in [6, 6.07) is 5.73. The molecule has 1 fully saturated rings. The van der Waals surface area contributed by atoms with E-state index in [0.717, 1.165) is 22.6 Å². The molecule has 0 amide bonds. The number of nitrogen functional groups attached to an aromatic ring is 1. The number of hydrogen-bond donors (Lipinski definition) is 1. The minimum Gasteiger partial charge on any atom is -0.369 e. The van der Waals surface area contributed by atoms with E-state index >= 15 is 0 Å². The molecule has 0 bridgehead atoms. The van der Waals surface area contributed by atoms with Crippen LogP contribution in [-0.2, 0) is 6.54 Å². The summed E-state index contributed by atoms with van der Waals surface area (Å²) < 4.78 is 2.45. The van der Waals surface area contributed by atoms with E-state index in [0.29, 0.717) is 10.7 Å². The molecule has 0 saturated heterocycles. The Balaban J connectivity index is 2.05. The highest BCUT2D eigenvalue weighted by molar-refractivity contribution is 8.00. The van der Waals surface area contributed by atoms with Crippen molar-refractivity contribution in [2.24, 2.45) is 0 Å². The molecule has 2 aromatic rings. The van der Waals surface area contributed by atoms with Crippen LogP contribution in [0.25, 0.3) is 11.0 Å². The lowest BCUT2D eigenvalue weighted by molar-refractivity contribution is 0.326. The first kappa shape index (κ1) is 12.2. The third kappa shape index (κ3) is 1.88. The van der Waals surface area contributed by atoms with Crippen LogP contribution < -0.4 is 5.73 Å². The summed E-state index contributed by atoms with van der Waals surface area (Å²) in [5.41, 5.74) is 8.01. The van der Waals surface area contributed by atoms with E-state index < -0.39 is 0 Å². The largest absolute Gasteiger partial charge is 0.369 e. The Morgan fingerprint density at radius 2 is 2.28 bits per heavy atom. The van der Waals surface area contributed by atoms with Gasteiger partial charge < -0.3 is 10.3 Å². The van der Waals surface area contributed by atoms with E-state index in [1.54, 1.807) is 0 Å². The van der Waals surface area contributed by atoms with Gasteiger partial charge in [0.2, 0.25) is 5.95 Å². The third-order valence-corrected chi connectivity index (χ3v) is 5.52. The average molecular weight is 282 g/mol. The monoisotopic (exact) mass is 281 g/mol. The summed E-state index contributed by atoms with van der Waals surface area (Å²) in [4.78, 5) is 4.40. The molecule has 0 aliphatic heterocycles. The zero-order valence-corrected chi connectivity index (χ0v) is 11.9. The van der Waals surface area contributed by atoms with Crippen LogP contribution in [0.5, 0.6) is 0 Å². The predicted octanol–water partition coefficient (Wildman–Crippen LogP) is 3.56. The highest BCUT2D eigenvalue weighted by atomic mass is 35.5. The minimum absolute atomic E-state index is 0.337. The van der Waals surface area contributed by atoms with Gasteiger partial charge in [-0.3, -0.25) is 0 Å². The van der Waals surface area contributed by atoms with Crippen LogP contribution in [0.1, 0.15) is 19.3 Å². The molecular formula is C13H16ClN3S. The van der Waals surface area contributed by atoms with E-state index in [-0.39, 0.29) is 0 Å². The fourth-order valence-corrected chi connectivity index (χ4v) is 3.69. The quantitative estimate of drug-likeness (QED) is 0.935. The zero-order valence-electron chi connectivity index (χ0n) is 10.3. The fourth-order valence-electron chi connectivity index (χ4n) is 2.57. The van der Waals surface area contributed by atoms with Crippen LogP contribution in [0.2, 0.25) is 5.02 Å². The summed E-state index contributed by atoms with van der Waals surface area (Å²) in [6.07, 6.45) is 6.01. The maximum atomic E-state index is 6.07. The number of nitrogens with two attached hydrogens (primary N) is 1. The molecule has 0 spiro atoms. The molecule has 0 atom stereocenters. The van der Waals surface area contributed by atoms with Gasteiger partial charge >= 0.3 is 0 Å². The zero-order chi connectivity index (χ0) is 12.8. The molecule has 1 aliphatic rings. The van der Waals surface area contributed by atoms with Gasteiger partial charge in [0, 0.05) is 16.3 Å². The number of anilines is 1. The van der Waals surface area contributed by atoms with Gasteiger partial charge in [0.05, 0.1) is 11.0 Å². The van der Waals surface area contributed by atoms with Crippen molar-refractivity contribution in [3.05, 3.63) is 23.2 Å². The van der Waals surface area contributed by atoms with E-state index in [2.05, 4.69) is 15.8 Å². The second-order valence-corrected chi connectivity index (χ2v) is 6.64. The van der Waals surface area contributed by atoms with Crippen molar-refractivity contribution in [3.63, 3.8) is 0 Å². The maximum absolute atomic E-state index is 6.07. The fraction of sp³-hybridized carbons (Fsp3) is 0.462. The SMILES string of the molecule is CSC1(Cn2c(N)nc3ccc(Cl)cc32)CCC1. The number of thioether (sulfide) groups is 1. The topological polar surface area (TPSA) is 43.8 Å². The smallest absolute Gasteiger partial charge is 0.201 e. The van der Waals surface area contributed by atoms with Gasteiger partial charge in [-0.1, -0.05) is 18.0 Å². The van der Waals surface area contributed by atoms with E-state index in [9.17, 15) is 0 Å². The predicted molar refractivity (Wildman–Crippen MR) is 79.3 cm³/mol. The van der Waals surface area contributed by atoms with Gasteiger partial charge in [-0.2, -0.15) is 11.8 Å². The van der Waals surface area contributed by atoms with Crippen LogP contribution in [0, 0.1) is 0 Å². The number of rotatable bonds is 3. The van der Waals surface area contributed by atoms with Crippen molar-refractivity contribution in [1.29, 1.82) is 0 Å². The molecule has 1 heterocycles. The van der Waals surface area contributed by atoms with Crippen molar-refractivity contribution in [2.75, 3.05) is 12.0 Å². The van der Waals surface area contributed by atoms with Crippen LogP contribution in [-0.4, -0.2) is 20.6 Å². The first-order chi connectivity index (χ1) is 8.63. The Hall–Kier alpha value is -0.870. The van der Waals surface area contributed by atoms with Crippen LogP contribution in [0.3, 0.4) is 0 Å². The Morgan fingerprint density at radius 3 is 2.89 bits per heavy atom. The normalized spacial score (nSPS) is 17.9. The summed E-state index contributed by atoms with van der Waals surface area (Å²) in [5.74, 6) is 0.590. The van der Waals surface area contributed by atoms with Gasteiger partial charge in [-0.05, 0) is 37.3 Å². The van der Waals surface area contributed by atoms with Crippen molar-refractivity contribution in [3.8, 4) is 0 Å². The molecule has 0 radical (unpaired) electrons. The summed E-state index contributed by atoms with van der Waals surface area (Å²) in [7, 11) is 0. The second kappa shape index (κ2) is 4.35. The van der Waals surface area contributed by atoms with Crippen molar-refractivity contribution >= 4 is 40.3 Å². The number of nitrogens with zero attached hydrogens (tertiary/aromatic N) is 2. The summed E-state index contributed by atoms with van der Waals surface area (Å²) >= 11 is 8.01. The number of fused-ring (bicyclic) bond motifs is 1. The number of hydrogen-bond acceptors (Lipinski definition) is 3. The molecular weight excluding hydrogens is 266 g/mol. The van der Waals surface area contributed by atoms with Crippen molar-refractivity contribution < 1.29 is 0 Å². The average Bonchev–Trinajstić information content (AvgIpc) is 2.60. The highest BCUT2D eigenvalue weighted by Gasteiger charge is 2.37. The molecule has 1 saturated carbocycles. The molecule has 2 N–H and O–H groups in total. The van der Waals surface area contributed by atoms with Crippen LogP contribution >= 0.6 is 23.4 Å². The van der Waals surface area contributed by atoms with Gasteiger partial charge in [0.25, 0.3) is 0 Å².